The minimum Gasteiger partial charge on any atom is -0.251 e. The van der Waals surface area contributed by atoms with E-state index < -0.39 is 11.0 Å². The highest BCUT2D eigenvalue weighted by atomic mass is 79.9. The number of benzene rings is 1. The van der Waals surface area contributed by atoms with Crippen molar-refractivity contribution in [1.82, 2.24) is 0 Å². The second kappa shape index (κ2) is 5.43. The van der Waals surface area contributed by atoms with Gasteiger partial charge in [0.1, 0.15) is 0 Å². The van der Waals surface area contributed by atoms with E-state index in [-0.39, 0.29) is 4.75 Å². The number of rotatable bonds is 4. The van der Waals surface area contributed by atoms with Crippen LogP contribution in [0.1, 0.15) is 38.7 Å². The lowest BCUT2D eigenvalue weighted by Crippen LogP contribution is -2.33. The normalized spacial score (nSPS) is 15.8. The summed E-state index contributed by atoms with van der Waals surface area (Å²) in [4.78, 5) is 0. The molecule has 2 N–H and O–H groups in total. The van der Waals surface area contributed by atoms with Gasteiger partial charge in [0.15, 0.2) is 0 Å². The van der Waals surface area contributed by atoms with Crippen LogP contribution in [-0.2, 0) is 11.0 Å². The van der Waals surface area contributed by atoms with Crippen LogP contribution in [0.25, 0.3) is 0 Å². The van der Waals surface area contributed by atoms with E-state index in [0.717, 1.165) is 10.9 Å². The van der Waals surface area contributed by atoms with Gasteiger partial charge >= 0.3 is 0 Å². The number of hydrogen-bond acceptors (Lipinski definition) is 1. The van der Waals surface area contributed by atoms with Crippen LogP contribution in [0.15, 0.2) is 28.7 Å². The van der Waals surface area contributed by atoms with Crippen molar-refractivity contribution >= 4 is 26.9 Å². The molecule has 0 aromatic heterocycles. The van der Waals surface area contributed by atoms with E-state index >= 15 is 0 Å². The monoisotopic (exact) mass is 303 g/mol. The summed E-state index contributed by atoms with van der Waals surface area (Å²) < 4.78 is 12.1. The van der Waals surface area contributed by atoms with Gasteiger partial charge in [0.2, 0.25) is 0 Å². The number of nitrogens with two attached hydrogens (primary N) is 1. The Kier molecular flexibility index (Phi) is 4.71. The summed E-state index contributed by atoms with van der Waals surface area (Å²) in [6.45, 7) is 6.02. The molecule has 0 saturated carbocycles. The van der Waals surface area contributed by atoms with E-state index in [1.54, 1.807) is 0 Å². The molecule has 0 fully saturated rings. The molecular formula is C12H18BrNOS. The van der Waals surface area contributed by atoms with Crippen molar-refractivity contribution in [3.8, 4) is 0 Å². The zero-order chi connectivity index (χ0) is 12.3. The van der Waals surface area contributed by atoms with Crippen LogP contribution >= 0.6 is 15.9 Å². The summed E-state index contributed by atoms with van der Waals surface area (Å²) in [5.41, 5.74) is 1.25. The Morgan fingerprint density at radius 3 is 2.31 bits per heavy atom. The molecule has 2 nitrogen and oxygen atoms in total. The maximum Gasteiger partial charge on any atom is 0.0945 e. The molecule has 1 unspecified atom stereocenters. The van der Waals surface area contributed by atoms with Gasteiger partial charge in [-0.1, -0.05) is 35.0 Å². The smallest absolute Gasteiger partial charge is 0.0945 e. The molecule has 0 spiro atoms. The third-order valence-electron chi connectivity index (χ3n) is 2.78. The quantitative estimate of drug-likeness (QED) is 0.911. The van der Waals surface area contributed by atoms with Crippen LogP contribution < -0.4 is 5.14 Å². The van der Waals surface area contributed by atoms with Gasteiger partial charge in [-0.15, -0.1) is 0 Å². The van der Waals surface area contributed by atoms with E-state index in [0.29, 0.717) is 5.92 Å². The Balaban J connectivity index is 2.76. The zero-order valence-electron chi connectivity index (χ0n) is 9.87. The van der Waals surface area contributed by atoms with Crippen molar-refractivity contribution in [2.24, 2.45) is 5.14 Å². The molecule has 1 aromatic carbocycles. The Hall–Kier alpha value is -0.190. The fourth-order valence-electron chi connectivity index (χ4n) is 1.73. The highest BCUT2D eigenvalue weighted by Crippen LogP contribution is 2.28. The Morgan fingerprint density at radius 2 is 1.88 bits per heavy atom. The molecule has 0 amide bonds. The molecule has 0 heterocycles. The first-order valence-corrected chi connectivity index (χ1v) is 7.25. The molecule has 90 valence electrons. The van der Waals surface area contributed by atoms with E-state index in [1.165, 1.54) is 5.56 Å². The van der Waals surface area contributed by atoms with Crippen LogP contribution in [0.5, 0.6) is 0 Å². The van der Waals surface area contributed by atoms with Gasteiger partial charge in [0.25, 0.3) is 0 Å². The molecular weight excluding hydrogens is 286 g/mol. The average molecular weight is 304 g/mol. The second-order valence-electron chi connectivity index (χ2n) is 4.71. The van der Waals surface area contributed by atoms with Crippen molar-refractivity contribution < 1.29 is 4.21 Å². The van der Waals surface area contributed by atoms with Crippen LogP contribution in [0, 0.1) is 0 Å². The first kappa shape index (κ1) is 13.9. The maximum absolute atomic E-state index is 11.4. The molecule has 0 saturated heterocycles. The summed E-state index contributed by atoms with van der Waals surface area (Å²) in [6.07, 6.45) is 0.817. The highest BCUT2D eigenvalue weighted by molar-refractivity contribution is 9.10. The third-order valence-corrected chi connectivity index (χ3v) is 4.57. The van der Waals surface area contributed by atoms with Crippen LogP contribution in [0.3, 0.4) is 0 Å². The molecule has 1 aromatic rings. The fraction of sp³-hybridized carbons (Fsp3) is 0.500. The van der Waals surface area contributed by atoms with E-state index in [9.17, 15) is 4.21 Å². The van der Waals surface area contributed by atoms with E-state index in [4.69, 9.17) is 5.14 Å². The molecule has 0 radical (unpaired) electrons. The van der Waals surface area contributed by atoms with Crippen LogP contribution in [0.2, 0.25) is 0 Å². The van der Waals surface area contributed by atoms with Crippen LogP contribution in [0.4, 0.5) is 0 Å². The summed E-state index contributed by atoms with van der Waals surface area (Å²) in [5.74, 6) is 0.357. The minimum absolute atomic E-state index is 0.341. The van der Waals surface area contributed by atoms with Gasteiger partial charge < -0.3 is 0 Å². The maximum atomic E-state index is 11.4. The van der Waals surface area contributed by atoms with Crippen molar-refractivity contribution in [3.05, 3.63) is 34.3 Å². The zero-order valence-corrected chi connectivity index (χ0v) is 12.3. The SMILES string of the molecule is C[C@@H](CC(C)(C)S(N)=O)c1ccc(Br)cc1. The van der Waals surface area contributed by atoms with Crippen molar-refractivity contribution in [1.29, 1.82) is 0 Å². The third kappa shape index (κ3) is 3.68. The molecule has 2 atom stereocenters. The summed E-state index contributed by atoms with van der Waals surface area (Å²) in [7, 11) is -1.28. The number of halogens is 1. The van der Waals surface area contributed by atoms with Crippen molar-refractivity contribution in [2.45, 2.75) is 37.9 Å². The van der Waals surface area contributed by atoms with Gasteiger partial charge in [-0.3, -0.25) is 5.14 Å². The molecule has 0 aliphatic rings. The van der Waals surface area contributed by atoms with Gasteiger partial charge in [-0.2, -0.15) is 0 Å². The van der Waals surface area contributed by atoms with Gasteiger partial charge in [0, 0.05) is 4.47 Å². The highest BCUT2D eigenvalue weighted by Gasteiger charge is 2.26. The topological polar surface area (TPSA) is 43.1 Å². The molecule has 0 bridgehead atoms. The van der Waals surface area contributed by atoms with E-state index in [1.807, 2.05) is 26.0 Å². The Bertz CT molecular complexity index is 375. The van der Waals surface area contributed by atoms with Crippen molar-refractivity contribution in [2.75, 3.05) is 0 Å². The van der Waals surface area contributed by atoms with Crippen LogP contribution in [-0.4, -0.2) is 8.96 Å². The fourth-order valence-corrected chi connectivity index (χ4v) is 2.41. The molecule has 16 heavy (non-hydrogen) atoms. The van der Waals surface area contributed by atoms with Gasteiger partial charge in [-0.25, -0.2) is 4.21 Å². The standard InChI is InChI=1S/C12H18BrNOS/c1-9(8-12(2,3)16(14)15)10-4-6-11(13)7-5-10/h4-7,9H,8,14H2,1-3H3/t9-,16?/m0/s1. The molecule has 0 aliphatic carbocycles. The first-order valence-electron chi connectivity index (χ1n) is 5.24. The molecule has 0 aliphatic heterocycles. The summed E-state index contributed by atoms with van der Waals surface area (Å²) in [6, 6.07) is 8.23. The summed E-state index contributed by atoms with van der Waals surface area (Å²) >= 11 is 3.41. The molecule has 4 heteroatoms. The predicted octanol–water partition coefficient (Wildman–Crippen LogP) is 3.34. The second-order valence-corrected chi connectivity index (χ2v) is 7.33. The average Bonchev–Trinajstić information content (AvgIpc) is 2.17. The largest absolute Gasteiger partial charge is 0.251 e. The predicted molar refractivity (Wildman–Crippen MR) is 73.6 cm³/mol. The Labute approximate surface area is 108 Å². The Morgan fingerprint density at radius 1 is 1.38 bits per heavy atom. The van der Waals surface area contributed by atoms with Gasteiger partial charge in [0.05, 0.1) is 15.7 Å². The first-order chi connectivity index (χ1) is 7.33. The lowest BCUT2D eigenvalue weighted by atomic mass is 9.91. The number of hydrogen-bond donors (Lipinski definition) is 1. The lowest BCUT2D eigenvalue weighted by molar-refractivity contribution is 0.540. The van der Waals surface area contributed by atoms with Crippen molar-refractivity contribution in [3.63, 3.8) is 0 Å². The summed E-state index contributed by atoms with van der Waals surface area (Å²) in [5, 5.41) is 5.49. The lowest BCUT2D eigenvalue weighted by Gasteiger charge is -2.25. The minimum atomic E-state index is -1.28. The van der Waals surface area contributed by atoms with Gasteiger partial charge in [-0.05, 0) is 43.9 Å². The van der Waals surface area contributed by atoms with E-state index in [2.05, 4.69) is 35.0 Å². The molecule has 1 rings (SSSR count).